The van der Waals surface area contributed by atoms with Gasteiger partial charge in [-0.15, -0.1) is 6.42 Å². The van der Waals surface area contributed by atoms with Crippen LogP contribution in [0.5, 0.6) is 0 Å². The summed E-state index contributed by atoms with van der Waals surface area (Å²) in [6.45, 7) is 18.3. The average molecular weight is 531 g/mol. The van der Waals surface area contributed by atoms with Crippen LogP contribution in [0.3, 0.4) is 0 Å². The third-order valence-corrected chi connectivity index (χ3v) is 11.7. The van der Waals surface area contributed by atoms with Crippen LogP contribution in [-0.2, 0) is 28.3 Å². The molecule has 0 saturated heterocycles. The highest BCUT2D eigenvalue weighted by molar-refractivity contribution is 7.86. The Morgan fingerprint density at radius 3 is 2.17 bits per heavy atom. The van der Waals surface area contributed by atoms with Crippen LogP contribution >= 0.6 is 0 Å². The van der Waals surface area contributed by atoms with Crippen molar-refractivity contribution in [2.24, 2.45) is 17.8 Å². The Labute approximate surface area is 214 Å². The summed E-state index contributed by atoms with van der Waals surface area (Å²) < 4.78 is 39.0. The molecule has 0 heterocycles. The number of rotatable bonds is 13. The van der Waals surface area contributed by atoms with Gasteiger partial charge in [0.2, 0.25) is 0 Å². The van der Waals surface area contributed by atoms with Gasteiger partial charge in [0.15, 0.2) is 8.32 Å². The summed E-state index contributed by atoms with van der Waals surface area (Å²) >= 11 is 0. The molecule has 0 aliphatic carbocycles. The van der Waals surface area contributed by atoms with E-state index in [1.54, 1.807) is 6.08 Å². The van der Waals surface area contributed by atoms with Gasteiger partial charge in [0.25, 0.3) is 10.1 Å². The second kappa shape index (κ2) is 13.8. The number of aliphatic hydroxyl groups is 1. The Bertz CT molecular complexity index is 907. The van der Waals surface area contributed by atoms with Gasteiger partial charge in [-0.05, 0) is 37.4 Å². The van der Waals surface area contributed by atoms with Crippen LogP contribution in [0.15, 0.2) is 23.3 Å². The van der Waals surface area contributed by atoms with E-state index in [-0.39, 0.29) is 35.5 Å². The summed E-state index contributed by atoms with van der Waals surface area (Å²) in [4.78, 5) is 11.7. The van der Waals surface area contributed by atoms with E-state index >= 15 is 0 Å². The molecule has 0 fully saturated rings. The fraction of sp³-hybridized carbons (Fsp3) is 0.731. The molecule has 0 aliphatic rings. The number of hydrogen-bond acceptors (Lipinski definition) is 7. The van der Waals surface area contributed by atoms with E-state index in [2.05, 4.69) is 46.7 Å². The summed E-state index contributed by atoms with van der Waals surface area (Å²) in [7, 11) is -4.48. The number of methoxy groups -OCH3 is 1. The van der Waals surface area contributed by atoms with Crippen molar-refractivity contribution in [1.82, 2.24) is 0 Å². The number of carbonyl (C=O) groups excluding carboxylic acids is 1. The maximum absolute atomic E-state index is 11.7. The first kappa shape index (κ1) is 33.6. The first-order valence-electron chi connectivity index (χ1n) is 11.9. The minimum absolute atomic E-state index is 0.00605. The molecular weight excluding hydrogens is 484 g/mol. The minimum atomic E-state index is -3.64. The SMILES string of the molecule is C#C/C(=C/[C@@H](C)[C@@H](O)[C@@H](C)[C@H](O[Si](C)(C)C(C)(C)C)[C@@H](C)C/C(C)=C/C(=O)OC)COS(C)(=O)=O. The van der Waals surface area contributed by atoms with Crippen LogP contribution < -0.4 is 0 Å². The summed E-state index contributed by atoms with van der Waals surface area (Å²) in [5, 5.41) is 11.2. The zero-order valence-corrected chi connectivity index (χ0v) is 25.2. The quantitative estimate of drug-likeness (QED) is 0.121. The Balaban J connectivity index is 5.98. The van der Waals surface area contributed by atoms with E-state index in [1.165, 1.54) is 13.2 Å². The summed E-state index contributed by atoms with van der Waals surface area (Å²) in [6.07, 6.45) is 9.15. The van der Waals surface area contributed by atoms with Gasteiger partial charge in [0.1, 0.15) is 0 Å². The van der Waals surface area contributed by atoms with E-state index in [0.717, 1.165) is 11.8 Å². The molecule has 0 aromatic heterocycles. The molecule has 0 bridgehead atoms. The molecule has 0 aromatic carbocycles. The van der Waals surface area contributed by atoms with Crippen LogP contribution in [-0.4, -0.2) is 60.0 Å². The van der Waals surface area contributed by atoms with Crippen molar-refractivity contribution < 1.29 is 31.7 Å². The van der Waals surface area contributed by atoms with Gasteiger partial charge in [-0.1, -0.05) is 59.1 Å². The van der Waals surface area contributed by atoms with Gasteiger partial charge in [-0.25, -0.2) is 4.79 Å². The van der Waals surface area contributed by atoms with Crippen LogP contribution in [0.25, 0.3) is 0 Å². The van der Waals surface area contributed by atoms with Crippen molar-refractivity contribution in [3.8, 4) is 12.3 Å². The zero-order chi connectivity index (χ0) is 27.8. The number of carbonyl (C=O) groups is 1. The molecule has 0 aromatic rings. The molecule has 7 nitrogen and oxygen atoms in total. The van der Waals surface area contributed by atoms with Crippen LogP contribution in [0.2, 0.25) is 18.1 Å². The number of esters is 1. The van der Waals surface area contributed by atoms with Crippen LogP contribution in [0.1, 0.15) is 54.9 Å². The highest BCUT2D eigenvalue weighted by Gasteiger charge is 2.43. The first-order chi connectivity index (χ1) is 15.8. The Hall–Kier alpha value is -1.44. The van der Waals surface area contributed by atoms with Crippen molar-refractivity contribution in [3.63, 3.8) is 0 Å². The third kappa shape index (κ3) is 11.9. The summed E-state index contributed by atoms with van der Waals surface area (Å²) in [5.74, 6) is 1.41. The van der Waals surface area contributed by atoms with E-state index < -0.39 is 30.5 Å². The second-order valence-electron chi connectivity index (χ2n) is 11.0. The molecule has 0 aliphatic heterocycles. The first-order valence-corrected chi connectivity index (χ1v) is 16.6. The summed E-state index contributed by atoms with van der Waals surface area (Å²) in [5.41, 5.74) is 1.22. The van der Waals surface area contributed by atoms with Gasteiger partial charge in [0, 0.05) is 23.5 Å². The molecule has 0 saturated carbocycles. The van der Waals surface area contributed by atoms with Crippen LogP contribution in [0.4, 0.5) is 0 Å². The molecule has 0 amide bonds. The van der Waals surface area contributed by atoms with E-state index in [1.807, 2.05) is 20.8 Å². The number of terminal acetylenes is 1. The van der Waals surface area contributed by atoms with Crippen molar-refractivity contribution in [2.75, 3.05) is 20.0 Å². The van der Waals surface area contributed by atoms with Gasteiger partial charge >= 0.3 is 5.97 Å². The summed E-state index contributed by atoms with van der Waals surface area (Å²) in [6, 6.07) is 0. The lowest BCUT2D eigenvalue weighted by molar-refractivity contribution is -0.134. The Morgan fingerprint density at radius 1 is 1.20 bits per heavy atom. The molecule has 0 spiro atoms. The second-order valence-corrected chi connectivity index (χ2v) is 17.4. The number of aliphatic hydroxyl groups excluding tert-OH is 1. The number of allylic oxidation sites excluding steroid dienone is 1. The smallest absolute Gasteiger partial charge is 0.330 e. The minimum Gasteiger partial charge on any atom is -0.466 e. The van der Waals surface area contributed by atoms with Crippen molar-refractivity contribution in [1.29, 1.82) is 0 Å². The van der Waals surface area contributed by atoms with Gasteiger partial charge in [-0.3, -0.25) is 4.18 Å². The van der Waals surface area contributed by atoms with Gasteiger partial charge < -0.3 is 14.3 Å². The van der Waals surface area contributed by atoms with Crippen molar-refractivity contribution >= 4 is 24.4 Å². The lowest BCUT2D eigenvalue weighted by Gasteiger charge is -2.44. The van der Waals surface area contributed by atoms with Crippen LogP contribution in [0, 0.1) is 30.1 Å². The van der Waals surface area contributed by atoms with Gasteiger partial charge in [0.05, 0.1) is 32.2 Å². The van der Waals surface area contributed by atoms with E-state index in [0.29, 0.717) is 12.0 Å². The maximum atomic E-state index is 11.7. The van der Waals surface area contributed by atoms with Gasteiger partial charge in [-0.2, -0.15) is 8.42 Å². The molecule has 0 rings (SSSR count). The molecule has 0 radical (unpaired) electrons. The maximum Gasteiger partial charge on any atom is 0.330 e. The van der Waals surface area contributed by atoms with E-state index in [4.69, 9.17) is 19.8 Å². The fourth-order valence-corrected chi connectivity index (χ4v) is 5.42. The highest BCUT2D eigenvalue weighted by Crippen LogP contribution is 2.40. The molecule has 5 atom stereocenters. The molecule has 202 valence electrons. The van der Waals surface area contributed by atoms with E-state index in [9.17, 15) is 18.3 Å². The third-order valence-electron chi connectivity index (χ3n) is 6.68. The molecule has 35 heavy (non-hydrogen) atoms. The monoisotopic (exact) mass is 530 g/mol. The number of hydrogen-bond donors (Lipinski definition) is 1. The normalized spacial score (nSPS) is 18.3. The molecule has 1 N–H and O–H groups in total. The zero-order valence-electron chi connectivity index (χ0n) is 23.3. The van der Waals surface area contributed by atoms with Crippen molar-refractivity contribution in [2.45, 2.75) is 85.2 Å². The molecular formula is C26H46O7SSi. The highest BCUT2D eigenvalue weighted by atomic mass is 32.2. The number of ether oxygens (including phenoxy) is 1. The average Bonchev–Trinajstić information content (AvgIpc) is 2.71. The topological polar surface area (TPSA) is 99.1 Å². The Kier molecular flexibility index (Phi) is 13.2. The largest absolute Gasteiger partial charge is 0.466 e. The lowest BCUT2D eigenvalue weighted by atomic mass is 9.81. The molecule has 9 heteroatoms. The Morgan fingerprint density at radius 2 is 1.74 bits per heavy atom. The molecule has 0 unspecified atom stereocenters. The lowest BCUT2D eigenvalue weighted by Crippen LogP contribution is -2.49. The predicted octanol–water partition coefficient (Wildman–Crippen LogP) is 4.69. The standard InChI is InChI=1S/C26H46O7SSi/c1-13-22(17-32-34(10,29)30)16-19(3)24(28)21(5)25(33-35(11,12)26(6,7)8)20(4)14-18(2)15-23(27)31-9/h1,15-16,19-21,24-25,28H,14,17H2,2-12H3/b18-15+,22-16-/t19-,20+,21-,24-,25-/m1/s1. The fourth-order valence-electron chi connectivity index (χ4n) is 3.60. The predicted molar refractivity (Wildman–Crippen MR) is 144 cm³/mol. The van der Waals surface area contributed by atoms with Crippen molar-refractivity contribution in [3.05, 3.63) is 23.3 Å².